The lowest BCUT2D eigenvalue weighted by molar-refractivity contribution is -0.147. The first-order chi connectivity index (χ1) is 26.1. The molecular weight excluding hydrogens is 709 g/mol. The number of carboxylic acid groups (broad SMARTS) is 1. The number of esters is 1. The van der Waals surface area contributed by atoms with Crippen LogP contribution in [0.3, 0.4) is 0 Å². The van der Waals surface area contributed by atoms with Crippen molar-refractivity contribution in [2.75, 3.05) is 19.8 Å². The molecule has 0 spiro atoms. The average Bonchev–Trinajstić information content (AvgIpc) is 3.14. The lowest BCUT2D eigenvalue weighted by atomic mass is 10.1. The molecule has 0 saturated carbocycles. The molecule has 0 heterocycles. The molecule has 3 atom stereocenters. The highest BCUT2D eigenvalue weighted by Crippen LogP contribution is 2.43. The Labute approximate surface area is 326 Å². The summed E-state index contributed by atoms with van der Waals surface area (Å²) in [4.78, 5) is 45.8. The molecule has 0 radical (unpaired) electrons. The Morgan fingerprint density at radius 2 is 1.02 bits per heavy atom. The van der Waals surface area contributed by atoms with Gasteiger partial charge in [0.05, 0.1) is 13.2 Å². The predicted molar refractivity (Wildman–Crippen MR) is 217 cm³/mol. The molecular formula is C42H74NO10P. The van der Waals surface area contributed by atoms with E-state index in [2.05, 4.69) is 67.8 Å². The van der Waals surface area contributed by atoms with E-state index in [1.165, 1.54) is 70.6 Å². The number of carboxylic acids is 1. The molecule has 1 amide bonds. The Morgan fingerprint density at radius 3 is 1.56 bits per heavy atom. The molecule has 0 aliphatic heterocycles. The van der Waals surface area contributed by atoms with Crippen molar-refractivity contribution in [2.24, 2.45) is 0 Å². The minimum Gasteiger partial charge on any atom is -0.480 e. The van der Waals surface area contributed by atoms with Gasteiger partial charge in [-0.15, -0.1) is 0 Å². The van der Waals surface area contributed by atoms with Crippen LogP contribution in [0.15, 0.2) is 48.6 Å². The average molecular weight is 784 g/mol. The summed E-state index contributed by atoms with van der Waals surface area (Å²) < 4.78 is 26.7. The number of carbonyl (C=O) groups excluding carboxylic acids is 2. The molecule has 0 aromatic carbocycles. The van der Waals surface area contributed by atoms with Crippen LogP contribution < -0.4 is 5.32 Å². The first-order valence-corrected chi connectivity index (χ1v) is 22.2. The van der Waals surface area contributed by atoms with Crippen LogP contribution in [0.25, 0.3) is 0 Å². The summed E-state index contributed by atoms with van der Waals surface area (Å²) >= 11 is 0. The Bertz CT molecular complexity index is 1110. The number of nitrogens with one attached hydrogen (secondary N) is 1. The molecule has 0 bridgehead atoms. The maximum Gasteiger partial charge on any atom is 0.472 e. The number of unbranched alkanes of at least 4 members (excludes halogenated alkanes) is 16. The highest BCUT2D eigenvalue weighted by atomic mass is 31.2. The number of rotatable bonds is 38. The van der Waals surface area contributed by atoms with Crippen molar-refractivity contribution in [1.29, 1.82) is 0 Å². The smallest absolute Gasteiger partial charge is 0.472 e. The van der Waals surface area contributed by atoms with Crippen LogP contribution in [0, 0.1) is 0 Å². The number of aliphatic hydroxyl groups is 1. The number of phosphoric acid groups is 1. The van der Waals surface area contributed by atoms with Gasteiger partial charge < -0.3 is 25.2 Å². The van der Waals surface area contributed by atoms with Crippen LogP contribution in [-0.2, 0) is 32.7 Å². The van der Waals surface area contributed by atoms with E-state index in [4.69, 9.17) is 13.8 Å². The second-order valence-electron chi connectivity index (χ2n) is 13.8. The van der Waals surface area contributed by atoms with Gasteiger partial charge in [0, 0.05) is 12.8 Å². The van der Waals surface area contributed by atoms with Crippen LogP contribution >= 0.6 is 7.82 Å². The van der Waals surface area contributed by atoms with Crippen molar-refractivity contribution in [3.05, 3.63) is 48.6 Å². The van der Waals surface area contributed by atoms with Gasteiger partial charge in [0.2, 0.25) is 5.91 Å². The van der Waals surface area contributed by atoms with E-state index >= 15 is 0 Å². The number of amides is 1. The van der Waals surface area contributed by atoms with Crippen molar-refractivity contribution < 1.29 is 47.8 Å². The Kier molecular flexibility index (Phi) is 35.6. The van der Waals surface area contributed by atoms with Crippen molar-refractivity contribution in [3.8, 4) is 0 Å². The second kappa shape index (κ2) is 37.4. The number of hydrogen-bond donors (Lipinski definition) is 4. The molecule has 12 heteroatoms. The van der Waals surface area contributed by atoms with E-state index in [1.54, 1.807) is 0 Å². The normalized spacial score (nSPS) is 14.3. The molecule has 0 aliphatic rings. The molecule has 0 fully saturated rings. The highest BCUT2D eigenvalue weighted by molar-refractivity contribution is 7.47. The fourth-order valence-corrected chi connectivity index (χ4v) is 6.13. The van der Waals surface area contributed by atoms with E-state index in [-0.39, 0.29) is 12.8 Å². The van der Waals surface area contributed by atoms with Crippen LogP contribution in [0.5, 0.6) is 0 Å². The van der Waals surface area contributed by atoms with Crippen molar-refractivity contribution in [1.82, 2.24) is 5.32 Å². The number of aliphatic carboxylic acids is 1. The number of allylic oxidation sites excluding steroid dienone is 8. The van der Waals surface area contributed by atoms with Gasteiger partial charge in [0.25, 0.3) is 0 Å². The number of ether oxygens (including phenoxy) is 1. The molecule has 11 nitrogen and oxygen atoms in total. The molecule has 54 heavy (non-hydrogen) atoms. The van der Waals surface area contributed by atoms with Gasteiger partial charge in [-0.25, -0.2) is 9.36 Å². The third-order valence-electron chi connectivity index (χ3n) is 8.62. The standard InChI is InChI=1S/C42H74NO10P/c1-3-5-7-9-11-13-15-16-17-18-19-20-21-22-24-25-27-29-31-33-40(45)43-39(42(47)48)37-53-54(49,50)52-36-38(44)35-51-41(46)34-32-30-28-26-23-14-12-10-8-6-4-2/h11,13,16-17,19-20,22,24,38-39,44H,3-10,12,14-15,18,21,23,25-37H2,1-2H3,(H,43,45)(H,47,48)(H,49,50)/b13-11-,17-16-,20-19-,24-22-. The van der Waals surface area contributed by atoms with Gasteiger partial charge in [-0.1, -0.05) is 146 Å². The first kappa shape index (κ1) is 51.4. The van der Waals surface area contributed by atoms with Crippen molar-refractivity contribution >= 4 is 25.7 Å². The maximum absolute atomic E-state index is 12.3. The zero-order chi connectivity index (χ0) is 40.0. The minimum atomic E-state index is -4.76. The lowest BCUT2D eigenvalue weighted by Crippen LogP contribution is -2.43. The quantitative estimate of drug-likeness (QED) is 0.0205. The Hall–Kier alpha value is -2.56. The summed E-state index contributed by atoms with van der Waals surface area (Å²) in [6.45, 7) is 2.52. The second-order valence-corrected chi connectivity index (χ2v) is 15.3. The summed E-state index contributed by atoms with van der Waals surface area (Å²) in [7, 11) is -4.76. The Morgan fingerprint density at radius 1 is 0.593 bits per heavy atom. The molecule has 0 rings (SSSR count). The molecule has 0 aromatic rings. The summed E-state index contributed by atoms with van der Waals surface area (Å²) in [5.74, 6) is -2.42. The monoisotopic (exact) mass is 784 g/mol. The molecule has 0 aliphatic carbocycles. The van der Waals surface area contributed by atoms with Crippen molar-refractivity contribution in [3.63, 3.8) is 0 Å². The van der Waals surface area contributed by atoms with Crippen LogP contribution in [0.1, 0.15) is 168 Å². The summed E-state index contributed by atoms with van der Waals surface area (Å²) in [6, 6.07) is -1.56. The maximum atomic E-state index is 12.3. The topological polar surface area (TPSA) is 169 Å². The largest absolute Gasteiger partial charge is 0.480 e. The van der Waals surface area contributed by atoms with E-state index in [9.17, 15) is 34.1 Å². The SMILES string of the molecule is CCCCC/C=C\C/C=C\C/C=C\C/C=C\CCCCCC(=O)NC(COP(=O)(O)OCC(O)COC(=O)CCCCCCCCCCCCC)C(=O)O. The minimum absolute atomic E-state index is 0.107. The molecule has 0 aromatic heterocycles. The van der Waals surface area contributed by atoms with E-state index in [0.29, 0.717) is 12.8 Å². The fraction of sp³-hybridized carbons (Fsp3) is 0.738. The van der Waals surface area contributed by atoms with Gasteiger partial charge in [0.15, 0.2) is 6.04 Å². The number of aliphatic hydroxyl groups excluding tert-OH is 1. The Balaban J connectivity index is 4.01. The van der Waals surface area contributed by atoms with Gasteiger partial charge in [0.1, 0.15) is 12.7 Å². The third-order valence-corrected chi connectivity index (χ3v) is 9.57. The van der Waals surface area contributed by atoms with Gasteiger partial charge >= 0.3 is 19.8 Å². The predicted octanol–water partition coefficient (Wildman–Crippen LogP) is 10.2. The summed E-state index contributed by atoms with van der Waals surface area (Å²) in [6.07, 6.45) is 40.0. The van der Waals surface area contributed by atoms with Crippen molar-refractivity contribution in [2.45, 2.75) is 180 Å². The number of carbonyl (C=O) groups is 3. The molecule has 3 unspecified atom stereocenters. The van der Waals surface area contributed by atoms with E-state index in [1.807, 2.05) is 0 Å². The molecule has 312 valence electrons. The molecule has 0 saturated heterocycles. The van der Waals surface area contributed by atoms with Gasteiger partial charge in [-0.2, -0.15) is 0 Å². The lowest BCUT2D eigenvalue weighted by Gasteiger charge is -2.18. The summed E-state index contributed by atoms with van der Waals surface area (Å²) in [5.41, 5.74) is 0. The van der Waals surface area contributed by atoms with E-state index < -0.39 is 57.6 Å². The number of hydrogen-bond acceptors (Lipinski definition) is 8. The zero-order valence-corrected chi connectivity index (χ0v) is 34.4. The highest BCUT2D eigenvalue weighted by Gasteiger charge is 2.28. The van der Waals surface area contributed by atoms with Gasteiger partial charge in [-0.05, 0) is 57.8 Å². The fourth-order valence-electron chi connectivity index (χ4n) is 5.36. The van der Waals surface area contributed by atoms with Crippen LogP contribution in [0.2, 0.25) is 0 Å². The zero-order valence-electron chi connectivity index (χ0n) is 33.5. The van der Waals surface area contributed by atoms with Crippen LogP contribution in [-0.4, -0.2) is 64.9 Å². The summed E-state index contributed by atoms with van der Waals surface area (Å²) in [5, 5.41) is 21.7. The third kappa shape index (κ3) is 36.4. The number of phosphoric ester groups is 1. The van der Waals surface area contributed by atoms with Crippen LogP contribution in [0.4, 0.5) is 0 Å². The first-order valence-electron chi connectivity index (χ1n) is 20.7. The molecule has 4 N–H and O–H groups in total. The van der Waals surface area contributed by atoms with E-state index in [0.717, 1.165) is 57.8 Å². The van der Waals surface area contributed by atoms with Gasteiger partial charge in [-0.3, -0.25) is 18.6 Å².